The lowest BCUT2D eigenvalue weighted by molar-refractivity contribution is -0.139. The highest BCUT2D eigenvalue weighted by Gasteiger charge is 2.42. The van der Waals surface area contributed by atoms with Gasteiger partial charge in [-0.3, -0.25) is 4.79 Å². The first-order valence-electron chi connectivity index (χ1n) is 10.8. The van der Waals surface area contributed by atoms with Gasteiger partial charge in [0.05, 0.1) is 19.8 Å². The maximum absolute atomic E-state index is 13.2. The van der Waals surface area contributed by atoms with Gasteiger partial charge < -0.3 is 24.6 Å². The molecule has 7 heteroatoms. The summed E-state index contributed by atoms with van der Waals surface area (Å²) in [5.41, 5.74) is 2.19. The van der Waals surface area contributed by atoms with E-state index < -0.39 is 6.04 Å². The van der Waals surface area contributed by atoms with Crippen molar-refractivity contribution >= 4 is 11.9 Å². The molecule has 0 spiro atoms. The van der Waals surface area contributed by atoms with Crippen LogP contribution in [0.4, 0.5) is 4.79 Å². The van der Waals surface area contributed by atoms with Crippen LogP contribution >= 0.6 is 0 Å². The van der Waals surface area contributed by atoms with Gasteiger partial charge in [-0.15, -0.1) is 0 Å². The minimum absolute atomic E-state index is 0.0343. The number of hydrogen-bond acceptors (Lipinski definition) is 4. The zero-order valence-corrected chi connectivity index (χ0v) is 17.8. The molecule has 2 aromatic rings. The maximum atomic E-state index is 13.2. The number of rotatable bonds is 5. The largest absolute Gasteiger partial charge is 0.488 e. The summed E-state index contributed by atoms with van der Waals surface area (Å²) in [6.07, 6.45) is 0.241. The molecule has 2 saturated heterocycles. The zero-order chi connectivity index (χ0) is 21.6. The monoisotopic (exact) mass is 423 g/mol. The van der Waals surface area contributed by atoms with E-state index in [0.717, 1.165) is 11.3 Å². The number of amides is 3. The Morgan fingerprint density at radius 1 is 1.06 bits per heavy atom. The molecule has 164 valence electrons. The minimum atomic E-state index is -0.537. The molecule has 2 aliphatic rings. The summed E-state index contributed by atoms with van der Waals surface area (Å²) in [5.74, 6) is 0.708. The number of aryl methyl sites for hydroxylation is 1. The summed E-state index contributed by atoms with van der Waals surface area (Å²) < 4.78 is 11.5. The predicted molar refractivity (Wildman–Crippen MR) is 117 cm³/mol. The summed E-state index contributed by atoms with van der Waals surface area (Å²) in [4.78, 5) is 29.7. The van der Waals surface area contributed by atoms with Crippen molar-refractivity contribution in [2.75, 3.05) is 32.8 Å². The van der Waals surface area contributed by atoms with Crippen molar-refractivity contribution in [1.82, 2.24) is 15.1 Å². The number of urea groups is 1. The van der Waals surface area contributed by atoms with Gasteiger partial charge in [-0.2, -0.15) is 0 Å². The fourth-order valence-electron chi connectivity index (χ4n) is 4.01. The Bertz CT molecular complexity index is 881. The highest BCUT2D eigenvalue weighted by Crippen LogP contribution is 2.25. The Kier molecular flexibility index (Phi) is 6.72. The van der Waals surface area contributed by atoms with Crippen LogP contribution < -0.4 is 10.1 Å². The molecule has 2 atom stereocenters. The van der Waals surface area contributed by atoms with Crippen LogP contribution in [0, 0.1) is 6.92 Å². The lowest BCUT2D eigenvalue weighted by atomic mass is 10.1. The normalized spacial score (nSPS) is 21.1. The van der Waals surface area contributed by atoms with Gasteiger partial charge in [0.2, 0.25) is 5.91 Å². The molecule has 2 fully saturated rings. The maximum Gasteiger partial charge on any atom is 0.318 e. The third-order valence-corrected chi connectivity index (χ3v) is 5.74. The van der Waals surface area contributed by atoms with Crippen molar-refractivity contribution in [3.63, 3.8) is 0 Å². The lowest BCUT2D eigenvalue weighted by Crippen LogP contribution is -2.52. The number of benzene rings is 2. The minimum Gasteiger partial charge on any atom is -0.488 e. The molecule has 3 amide bonds. The molecule has 2 aliphatic heterocycles. The highest BCUT2D eigenvalue weighted by molar-refractivity contribution is 5.88. The first-order valence-corrected chi connectivity index (χ1v) is 10.8. The lowest BCUT2D eigenvalue weighted by Gasteiger charge is -2.32. The number of para-hydroxylation sites is 1. The summed E-state index contributed by atoms with van der Waals surface area (Å²) in [5, 5.41) is 2.97. The van der Waals surface area contributed by atoms with E-state index in [4.69, 9.17) is 9.47 Å². The smallest absolute Gasteiger partial charge is 0.318 e. The van der Waals surface area contributed by atoms with Crippen LogP contribution in [0.1, 0.15) is 17.5 Å². The van der Waals surface area contributed by atoms with Gasteiger partial charge >= 0.3 is 6.03 Å². The number of likely N-dealkylation sites (tertiary alicyclic amines) is 1. The molecule has 2 aromatic carbocycles. The second-order valence-electron chi connectivity index (χ2n) is 8.04. The van der Waals surface area contributed by atoms with Crippen molar-refractivity contribution in [1.29, 1.82) is 0 Å². The summed E-state index contributed by atoms with van der Waals surface area (Å²) in [6, 6.07) is 16.8. The molecule has 0 aliphatic carbocycles. The summed E-state index contributed by atoms with van der Waals surface area (Å²) in [6.45, 7) is 4.98. The van der Waals surface area contributed by atoms with Gasteiger partial charge in [0.1, 0.15) is 17.9 Å². The van der Waals surface area contributed by atoms with Crippen LogP contribution in [0.5, 0.6) is 5.75 Å². The van der Waals surface area contributed by atoms with Crippen molar-refractivity contribution in [3.05, 3.63) is 65.7 Å². The second-order valence-corrected chi connectivity index (χ2v) is 8.04. The topological polar surface area (TPSA) is 71.1 Å². The Morgan fingerprint density at radius 2 is 1.77 bits per heavy atom. The van der Waals surface area contributed by atoms with Crippen LogP contribution in [-0.2, 0) is 16.1 Å². The van der Waals surface area contributed by atoms with Gasteiger partial charge in [-0.25, -0.2) is 4.79 Å². The van der Waals surface area contributed by atoms with Crippen LogP contribution in [0.15, 0.2) is 54.6 Å². The van der Waals surface area contributed by atoms with Crippen molar-refractivity contribution < 1.29 is 19.1 Å². The SMILES string of the molecule is Cc1ccc(CNC(=O)N2C[C@@H](Oc3ccccc3)C[C@@H]2C(=O)N2CCOCC2)cc1. The quantitative estimate of drug-likeness (QED) is 0.803. The van der Waals surface area contributed by atoms with E-state index in [2.05, 4.69) is 5.32 Å². The molecule has 0 unspecified atom stereocenters. The number of carbonyl (C=O) groups is 2. The van der Waals surface area contributed by atoms with Crippen molar-refractivity contribution in [2.24, 2.45) is 0 Å². The Balaban J connectivity index is 1.44. The molecule has 0 aromatic heterocycles. The molecular weight excluding hydrogens is 394 g/mol. The van der Waals surface area contributed by atoms with Crippen molar-refractivity contribution in [2.45, 2.75) is 32.0 Å². The molecule has 31 heavy (non-hydrogen) atoms. The molecule has 0 saturated carbocycles. The highest BCUT2D eigenvalue weighted by atomic mass is 16.5. The molecule has 4 rings (SSSR count). The molecule has 1 N–H and O–H groups in total. The fraction of sp³-hybridized carbons (Fsp3) is 0.417. The number of carbonyl (C=O) groups excluding carboxylic acids is 2. The van der Waals surface area contributed by atoms with E-state index in [1.54, 1.807) is 9.80 Å². The van der Waals surface area contributed by atoms with E-state index in [0.29, 0.717) is 45.8 Å². The van der Waals surface area contributed by atoms with E-state index >= 15 is 0 Å². The Labute approximate surface area is 182 Å². The van der Waals surface area contributed by atoms with Gasteiger partial charge in [0.25, 0.3) is 0 Å². The van der Waals surface area contributed by atoms with E-state index in [-0.39, 0.29) is 18.0 Å². The number of nitrogens with one attached hydrogen (secondary N) is 1. The Hall–Kier alpha value is -3.06. The van der Waals surface area contributed by atoms with E-state index in [1.807, 2.05) is 61.5 Å². The third kappa shape index (κ3) is 5.35. The number of nitrogens with zero attached hydrogens (tertiary/aromatic N) is 2. The molecule has 2 heterocycles. The van der Waals surface area contributed by atoms with Gasteiger partial charge in [0, 0.05) is 26.1 Å². The predicted octanol–water partition coefficient (Wildman–Crippen LogP) is 2.59. The molecular formula is C24H29N3O4. The molecule has 7 nitrogen and oxygen atoms in total. The molecule has 0 bridgehead atoms. The summed E-state index contributed by atoms with van der Waals surface area (Å²) >= 11 is 0. The molecule has 0 radical (unpaired) electrons. The second kappa shape index (κ2) is 9.83. The fourth-order valence-corrected chi connectivity index (χ4v) is 4.01. The number of morpholine rings is 1. The van der Waals surface area contributed by atoms with Gasteiger partial charge in [-0.1, -0.05) is 48.0 Å². The zero-order valence-electron chi connectivity index (χ0n) is 17.8. The van der Waals surface area contributed by atoms with E-state index in [9.17, 15) is 9.59 Å². The van der Waals surface area contributed by atoms with Crippen LogP contribution in [0.25, 0.3) is 0 Å². The number of hydrogen-bond donors (Lipinski definition) is 1. The van der Waals surface area contributed by atoms with Gasteiger partial charge in [-0.05, 0) is 24.6 Å². The standard InChI is InChI=1S/C24H29N3O4/c1-18-7-9-19(10-8-18)16-25-24(29)27-17-21(31-20-5-3-2-4-6-20)15-22(27)23(28)26-11-13-30-14-12-26/h2-10,21-22H,11-17H2,1H3,(H,25,29)/t21-,22+/m0/s1. The van der Waals surface area contributed by atoms with Crippen LogP contribution in [0.2, 0.25) is 0 Å². The average Bonchev–Trinajstić information content (AvgIpc) is 3.23. The first-order chi connectivity index (χ1) is 15.1. The van der Waals surface area contributed by atoms with Gasteiger partial charge in [0.15, 0.2) is 0 Å². The Morgan fingerprint density at radius 3 is 2.48 bits per heavy atom. The summed E-state index contributed by atoms with van der Waals surface area (Å²) in [7, 11) is 0. The first kappa shape index (κ1) is 21.2. The third-order valence-electron chi connectivity index (χ3n) is 5.74. The van der Waals surface area contributed by atoms with Crippen LogP contribution in [-0.4, -0.2) is 66.7 Å². The van der Waals surface area contributed by atoms with Crippen molar-refractivity contribution in [3.8, 4) is 5.75 Å². The average molecular weight is 424 g/mol. The van der Waals surface area contributed by atoms with Crippen LogP contribution in [0.3, 0.4) is 0 Å². The number of ether oxygens (including phenoxy) is 2. The van der Waals surface area contributed by atoms with E-state index in [1.165, 1.54) is 5.56 Å².